The predicted molar refractivity (Wildman–Crippen MR) is 82.7 cm³/mol. The summed E-state index contributed by atoms with van der Waals surface area (Å²) in [5.41, 5.74) is 0.310. The van der Waals surface area contributed by atoms with Gasteiger partial charge in [0.2, 0.25) is 0 Å². The zero-order chi connectivity index (χ0) is 15.3. The highest BCUT2D eigenvalue weighted by Gasteiger charge is 2.40. The number of carbonyl (C=O) groups is 1. The number of aliphatic carboxylic acids is 1. The maximum absolute atomic E-state index is 11.6. The van der Waals surface area contributed by atoms with Gasteiger partial charge in [-0.15, -0.1) is 0 Å². The average Bonchev–Trinajstić information content (AvgIpc) is 3.27. The van der Waals surface area contributed by atoms with Crippen LogP contribution < -0.4 is 10.1 Å². The molecule has 0 spiro atoms. The Bertz CT molecular complexity index is 485. The van der Waals surface area contributed by atoms with Crippen LogP contribution in [0.15, 0.2) is 24.3 Å². The molecule has 21 heavy (non-hydrogen) atoms. The van der Waals surface area contributed by atoms with E-state index in [0.717, 1.165) is 30.6 Å². The van der Waals surface area contributed by atoms with Gasteiger partial charge >= 0.3 is 5.97 Å². The van der Waals surface area contributed by atoms with Crippen molar-refractivity contribution in [3.8, 4) is 5.75 Å². The van der Waals surface area contributed by atoms with Crippen LogP contribution in [-0.2, 0) is 4.79 Å². The number of para-hydroxylation sites is 1. The van der Waals surface area contributed by atoms with Gasteiger partial charge in [0.1, 0.15) is 11.3 Å². The summed E-state index contributed by atoms with van der Waals surface area (Å²) in [5, 5.41) is 12.9. The third-order valence-electron chi connectivity index (χ3n) is 4.17. The predicted octanol–water partition coefficient (Wildman–Crippen LogP) is 3.14. The first-order chi connectivity index (χ1) is 10.1. The number of hydrogen-bond donors (Lipinski definition) is 2. The van der Waals surface area contributed by atoms with Crippen molar-refractivity contribution in [3.05, 3.63) is 29.8 Å². The molecule has 0 aromatic heterocycles. The van der Waals surface area contributed by atoms with Crippen molar-refractivity contribution in [2.24, 2.45) is 0 Å². The van der Waals surface area contributed by atoms with E-state index in [1.54, 1.807) is 0 Å². The summed E-state index contributed by atoms with van der Waals surface area (Å²) >= 11 is 0. The fourth-order valence-electron chi connectivity index (χ4n) is 2.56. The quantitative estimate of drug-likeness (QED) is 0.686. The van der Waals surface area contributed by atoms with Crippen molar-refractivity contribution in [3.63, 3.8) is 0 Å². The Kier molecular flexibility index (Phi) is 5.23. The molecule has 1 saturated carbocycles. The first kappa shape index (κ1) is 15.8. The normalized spacial score (nSPS) is 17.2. The molecule has 4 heteroatoms. The Morgan fingerprint density at radius 2 is 2.14 bits per heavy atom. The molecule has 1 aliphatic carbocycles. The molecule has 1 unspecified atom stereocenters. The monoisotopic (exact) mass is 291 g/mol. The molecule has 0 aliphatic heterocycles. The molecule has 1 fully saturated rings. The van der Waals surface area contributed by atoms with Gasteiger partial charge in [0.05, 0.1) is 6.61 Å². The molecule has 1 aliphatic rings. The van der Waals surface area contributed by atoms with E-state index in [9.17, 15) is 9.90 Å². The molecular formula is C17H25NO3. The number of rotatable bonds is 9. The standard InChI is InChI=1S/C17H25NO3/c1-3-17(16(19)20,18-14-9-10-14)11-6-12-21-15-8-5-4-7-13(15)2/h4-5,7-8,14,18H,3,6,9-12H2,1-2H3,(H,19,20). The third-order valence-corrected chi connectivity index (χ3v) is 4.17. The number of aryl methyl sites for hydroxylation is 1. The summed E-state index contributed by atoms with van der Waals surface area (Å²) in [7, 11) is 0. The molecule has 2 N–H and O–H groups in total. The van der Waals surface area contributed by atoms with E-state index < -0.39 is 11.5 Å². The van der Waals surface area contributed by atoms with Gasteiger partial charge < -0.3 is 9.84 Å². The Morgan fingerprint density at radius 1 is 1.43 bits per heavy atom. The number of benzene rings is 1. The van der Waals surface area contributed by atoms with E-state index in [1.165, 1.54) is 0 Å². The molecule has 0 saturated heterocycles. The number of hydrogen-bond acceptors (Lipinski definition) is 3. The lowest BCUT2D eigenvalue weighted by atomic mass is 9.90. The van der Waals surface area contributed by atoms with E-state index in [4.69, 9.17) is 4.74 Å². The largest absolute Gasteiger partial charge is 0.493 e. The van der Waals surface area contributed by atoms with Crippen molar-refractivity contribution in [2.45, 2.75) is 57.5 Å². The fraction of sp³-hybridized carbons (Fsp3) is 0.588. The van der Waals surface area contributed by atoms with Gasteiger partial charge in [-0.2, -0.15) is 0 Å². The van der Waals surface area contributed by atoms with Crippen molar-refractivity contribution in [1.29, 1.82) is 0 Å². The molecule has 1 aromatic carbocycles. The Balaban J connectivity index is 1.84. The second-order valence-corrected chi connectivity index (χ2v) is 5.88. The highest BCUT2D eigenvalue weighted by Crippen LogP contribution is 2.27. The highest BCUT2D eigenvalue weighted by atomic mass is 16.5. The summed E-state index contributed by atoms with van der Waals surface area (Å²) in [6.07, 6.45) is 4.11. The Morgan fingerprint density at radius 3 is 2.71 bits per heavy atom. The minimum absolute atomic E-state index is 0.387. The lowest BCUT2D eigenvalue weighted by molar-refractivity contribution is -0.145. The molecule has 116 valence electrons. The maximum atomic E-state index is 11.6. The Hall–Kier alpha value is -1.55. The fourth-order valence-corrected chi connectivity index (χ4v) is 2.56. The zero-order valence-electron chi connectivity index (χ0n) is 12.9. The van der Waals surface area contributed by atoms with E-state index in [-0.39, 0.29) is 0 Å². The molecule has 0 heterocycles. The summed E-state index contributed by atoms with van der Waals surface area (Å²) in [5.74, 6) is 0.137. The molecule has 0 radical (unpaired) electrons. The maximum Gasteiger partial charge on any atom is 0.323 e. The van der Waals surface area contributed by atoms with E-state index in [2.05, 4.69) is 5.32 Å². The Labute approximate surface area is 126 Å². The molecule has 4 nitrogen and oxygen atoms in total. The summed E-state index contributed by atoms with van der Waals surface area (Å²) < 4.78 is 5.76. The summed E-state index contributed by atoms with van der Waals surface area (Å²) in [4.78, 5) is 11.6. The molecule has 1 aromatic rings. The summed E-state index contributed by atoms with van der Waals surface area (Å²) in [6, 6.07) is 8.27. The minimum Gasteiger partial charge on any atom is -0.493 e. The van der Waals surface area contributed by atoms with Crippen LogP contribution in [0.2, 0.25) is 0 Å². The SMILES string of the molecule is CCC(CCCOc1ccccc1C)(NC1CC1)C(=O)O. The zero-order valence-corrected chi connectivity index (χ0v) is 12.9. The first-order valence-corrected chi connectivity index (χ1v) is 7.77. The van der Waals surface area contributed by atoms with Crippen molar-refractivity contribution >= 4 is 5.97 Å². The number of carboxylic acids is 1. The molecule has 0 bridgehead atoms. The van der Waals surface area contributed by atoms with E-state index in [0.29, 0.717) is 25.5 Å². The van der Waals surface area contributed by atoms with Gasteiger partial charge in [-0.3, -0.25) is 10.1 Å². The van der Waals surface area contributed by atoms with Gasteiger partial charge in [0.15, 0.2) is 0 Å². The van der Waals surface area contributed by atoms with Gasteiger partial charge in [-0.25, -0.2) is 0 Å². The van der Waals surface area contributed by atoms with Gasteiger partial charge in [-0.1, -0.05) is 25.1 Å². The van der Waals surface area contributed by atoms with Crippen LogP contribution in [0.5, 0.6) is 5.75 Å². The number of carboxylic acid groups (broad SMARTS) is 1. The van der Waals surface area contributed by atoms with Gasteiger partial charge in [0.25, 0.3) is 0 Å². The first-order valence-electron chi connectivity index (χ1n) is 7.77. The van der Waals surface area contributed by atoms with Crippen LogP contribution in [0, 0.1) is 6.92 Å². The van der Waals surface area contributed by atoms with Gasteiger partial charge in [0, 0.05) is 6.04 Å². The number of ether oxygens (including phenoxy) is 1. The highest BCUT2D eigenvalue weighted by molar-refractivity contribution is 5.78. The second-order valence-electron chi connectivity index (χ2n) is 5.88. The van der Waals surface area contributed by atoms with E-state index in [1.807, 2.05) is 38.1 Å². The van der Waals surface area contributed by atoms with Crippen LogP contribution in [0.25, 0.3) is 0 Å². The topological polar surface area (TPSA) is 58.6 Å². The molecular weight excluding hydrogens is 266 g/mol. The smallest absolute Gasteiger partial charge is 0.323 e. The summed E-state index contributed by atoms with van der Waals surface area (Å²) in [6.45, 7) is 4.50. The second kappa shape index (κ2) is 6.94. The van der Waals surface area contributed by atoms with E-state index >= 15 is 0 Å². The number of nitrogens with one attached hydrogen (secondary N) is 1. The van der Waals surface area contributed by atoms with Crippen LogP contribution in [0.4, 0.5) is 0 Å². The lowest BCUT2D eigenvalue weighted by Gasteiger charge is -2.29. The lowest BCUT2D eigenvalue weighted by Crippen LogP contribution is -2.52. The van der Waals surface area contributed by atoms with Crippen molar-refractivity contribution in [2.75, 3.05) is 6.61 Å². The molecule has 0 amide bonds. The third kappa shape index (κ3) is 4.21. The van der Waals surface area contributed by atoms with Crippen LogP contribution in [0.3, 0.4) is 0 Å². The average molecular weight is 291 g/mol. The van der Waals surface area contributed by atoms with Crippen LogP contribution in [-0.4, -0.2) is 29.3 Å². The minimum atomic E-state index is -0.795. The van der Waals surface area contributed by atoms with Crippen LogP contribution >= 0.6 is 0 Å². The van der Waals surface area contributed by atoms with Crippen molar-refractivity contribution < 1.29 is 14.6 Å². The molecule has 2 rings (SSSR count). The van der Waals surface area contributed by atoms with Gasteiger partial charge in [-0.05, 0) is 50.7 Å². The molecule has 1 atom stereocenters. The van der Waals surface area contributed by atoms with Crippen molar-refractivity contribution in [1.82, 2.24) is 5.32 Å². The van der Waals surface area contributed by atoms with Crippen LogP contribution in [0.1, 0.15) is 44.6 Å².